The molecular formula is C18H32N2O2. The first-order valence-corrected chi connectivity index (χ1v) is 8.29. The molecule has 126 valence electrons. The van der Waals surface area contributed by atoms with Crippen molar-refractivity contribution in [2.24, 2.45) is 11.1 Å². The van der Waals surface area contributed by atoms with E-state index in [2.05, 4.69) is 32.1 Å². The van der Waals surface area contributed by atoms with E-state index in [1.807, 2.05) is 20.8 Å². The van der Waals surface area contributed by atoms with Crippen LogP contribution < -0.4 is 5.73 Å². The zero-order valence-electron chi connectivity index (χ0n) is 14.8. The van der Waals surface area contributed by atoms with Crippen molar-refractivity contribution in [3.63, 3.8) is 0 Å². The number of nitrogens with two attached hydrogens (primary N) is 1. The van der Waals surface area contributed by atoms with Gasteiger partial charge in [-0.25, -0.2) is 4.79 Å². The second-order valence-corrected chi connectivity index (χ2v) is 7.01. The number of carbonyl (C=O) groups excluding carboxylic acids is 1. The smallest absolute Gasteiger partial charge is 0.410 e. The van der Waals surface area contributed by atoms with Gasteiger partial charge in [-0.05, 0) is 52.5 Å². The Kier molecular flexibility index (Phi) is 6.66. The molecule has 2 N–H and O–H groups in total. The van der Waals surface area contributed by atoms with Crippen molar-refractivity contribution in [1.82, 2.24) is 4.90 Å². The van der Waals surface area contributed by atoms with Crippen LogP contribution in [0.25, 0.3) is 0 Å². The summed E-state index contributed by atoms with van der Waals surface area (Å²) in [6.07, 6.45) is 9.09. The number of piperidine rings is 1. The van der Waals surface area contributed by atoms with Crippen LogP contribution in [0.2, 0.25) is 0 Å². The number of nitrogens with zero attached hydrogens (tertiary/aromatic N) is 1. The molecule has 4 heteroatoms. The Bertz CT molecular complexity index is 425. The van der Waals surface area contributed by atoms with Gasteiger partial charge in [-0.2, -0.15) is 0 Å². The molecular weight excluding hydrogens is 276 g/mol. The lowest BCUT2D eigenvalue weighted by Gasteiger charge is -2.42. The topological polar surface area (TPSA) is 55.6 Å². The number of ether oxygens (including phenoxy) is 1. The fourth-order valence-corrected chi connectivity index (χ4v) is 2.88. The molecule has 0 aromatic rings. The summed E-state index contributed by atoms with van der Waals surface area (Å²) in [4.78, 5) is 14.0. The van der Waals surface area contributed by atoms with Gasteiger partial charge in [-0.15, -0.1) is 0 Å². The minimum atomic E-state index is -0.447. The second-order valence-electron chi connectivity index (χ2n) is 7.01. The van der Waals surface area contributed by atoms with Crippen LogP contribution in [0.15, 0.2) is 23.8 Å². The first kappa shape index (κ1) is 18.8. The molecule has 0 atom stereocenters. The molecule has 0 radical (unpaired) electrons. The van der Waals surface area contributed by atoms with Crippen molar-refractivity contribution in [2.45, 2.75) is 59.5 Å². The predicted molar refractivity (Wildman–Crippen MR) is 91.7 cm³/mol. The average Bonchev–Trinajstić information content (AvgIpc) is 2.46. The highest BCUT2D eigenvalue weighted by atomic mass is 16.6. The minimum Gasteiger partial charge on any atom is -0.444 e. The number of hydrogen-bond donors (Lipinski definition) is 1. The molecule has 22 heavy (non-hydrogen) atoms. The maximum absolute atomic E-state index is 12.2. The Morgan fingerprint density at radius 3 is 2.32 bits per heavy atom. The lowest BCUT2D eigenvalue weighted by atomic mass is 9.72. The molecule has 1 amide bonds. The largest absolute Gasteiger partial charge is 0.444 e. The van der Waals surface area contributed by atoms with E-state index in [-0.39, 0.29) is 11.5 Å². The molecule has 0 bridgehead atoms. The monoisotopic (exact) mass is 308 g/mol. The molecule has 1 fully saturated rings. The summed E-state index contributed by atoms with van der Waals surface area (Å²) < 4.78 is 5.46. The van der Waals surface area contributed by atoms with Gasteiger partial charge in [0.05, 0.1) is 0 Å². The predicted octanol–water partition coefficient (Wildman–Crippen LogP) is 3.87. The molecule has 4 nitrogen and oxygen atoms in total. The number of rotatable bonds is 4. The van der Waals surface area contributed by atoms with Crippen LogP contribution in [0.5, 0.6) is 0 Å². The molecule has 0 spiro atoms. The summed E-state index contributed by atoms with van der Waals surface area (Å²) in [7, 11) is 0. The number of likely N-dealkylation sites (tertiary alicyclic amines) is 1. The van der Waals surface area contributed by atoms with Gasteiger partial charge >= 0.3 is 6.09 Å². The van der Waals surface area contributed by atoms with E-state index in [9.17, 15) is 4.79 Å². The average molecular weight is 308 g/mol. The van der Waals surface area contributed by atoms with E-state index >= 15 is 0 Å². The zero-order chi connectivity index (χ0) is 16.8. The quantitative estimate of drug-likeness (QED) is 0.802. The van der Waals surface area contributed by atoms with E-state index in [0.29, 0.717) is 19.6 Å². The normalized spacial score (nSPS) is 19.5. The van der Waals surface area contributed by atoms with Crippen molar-refractivity contribution < 1.29 is 9.53 Å². The summed E-state index contributed by atoms with van der Waals surface area (Å²) in [6.45, 7) is 11.9. The zero-order valence-corrected chi connectivity index (χ0v) is 14.8. The maximum atomic E-state index is 12.2. The van der Waals surface area contributed by atoms with E-state index in [1.165, 1.54) is 5.57 Å². The third-order valence-corrected chi connectivity index (χ3v) is 4.22. The van der Waals surface area contributed by atoms with Crippen LogP contribution >= 0.6 is 0 Å². The van der Waals surface area contributed by atoms with E-state index < -0.39 is 5.60 Å². The molecule has 0 aromatic carbocycles. The highest BCUT2D eigenvalue weighted by Gasteiger charge is 2.37. The summed E-state index contributed by atoms with van der Waals surface area (Å²) in [5, 5.41) is 0. The number of allylic oxidation sites excluding steroid dienone is 3. The van der Waals surface area contributed by atoms with Gasteiger partial charge in [0, 0.05) is 25.0 Å². The van der Waals surface area contributed by atoms with Gasteiger partial charge in [0.2, 0.25) is 0 Å². The Morgan fingerprint density at radius 2 is 1.91 bits per heavy atom. The highest BCUT2D eigenvalue weighted by molar-refractivity contribution is 5.68. The van der Waals surface area contributed by atoms with Crippen LogP contribution in [0.1, 0.15) is 53.9 Å². The summed E-state index contributed by atoms with van der Waals surface area (Å²) in [5.74, 6) is 0. The van der Waals surface area contributed by atoms with Crippen LogP contribution in [0.4, 0.5) is 4.79 Å². The Hall–Kier alpha value is -1.29. The summed E-state index contributed by atoms with van der Waals surface area (Å²) in [6, 6.07) is 0. The Morgan fingerprint density at radius 1 is 1.32 bits per heavy atom. The standard InChI is InChI=1S/C18H32N2O2/c1-6-8-9-15(7-2)18(14-19)10-12-20(13-11-18)16(21)22-17(3,4)5/h7-9H,6,10-14,19H2,1-5H3/b9-8-,15-7+. The third kappa shape index (κ3) is 4.87. The van der Waals surface area contributed by atoms with Gasteiger partial charge in [-0.1, -0.05) is 25.2 Å². The summed E-state index contributed by atoms with van der Waals surface area (Å²) >= 11 is 0. The van der Waals surface area contributed by atoms with E-state index in [1.54, 1.807) is 4.90 Å². The maximum Gasteiger partial charge on any atom is 0.410 e. The van der Waals surface area contributed by atoms with Gasteiger partial charge in [0.1, 0.15) is 5.60 Å². The minimum absolute atomic E-state index is 0.0149. The summed E-state index contributed by atoms with van der Waals surface area (Å²) in [5.41, 5.74) is 6.93. The molecule has 1 aliphatic heterocycles. The van der Waals surface area contributed by atoms with Crippen LogP contribution in [-0.2, 0) is 4.74 Å². The van der Waals surface area contributed by atoms with Gasteiger partial charge in [0.15, 0.2) is 0 Å². The molecule has 0 unspecified atom stereocenters. The van der Waals surface area contributed by atoms with Crippen LogP contribution in [0, 0.1) is 5.41 Å². The second kappa shape index (κ2) is 7.82. The van der Waals surface area contributed by atoms with E-state index in [0.717, 1.165) is 19.3 Å². The van der Waals surface area contributed by atoms with Crippen molar-refractivity contribution in [1.29, 1.82) is 0 Å². The number of carbonyl (C=O) groups is 1. The Balaban J connectivity index is 2.75. The molecule has 1 heterocycles. The highest BCUT2D eigenvalue weighted by Crippen LogP contribution is 2.38. The fraction of sp³-hybridized carbons (Fsp3) is 0.722. The van der Waals surface area contributed by atoms with Gasteiger partial charge in [-0.3, -0.25) is 0 Å². The molecule has 0 aromatic heterocycles. The van der Waals surface area contributed by atoms with E-state index in [4.69, 9.17) is 10.5 Å². The van der Waals surface area contributed by atoms with Gasteiger partial charge < -0.3 is 15.4 Å². The first-order chi connectivity index (χ1) is 10.3. The van der Waals surface area contributed by atoms with Crippen molar-refractivity contribution >= 4 is 6.09 Å². The number of amides is 1. The Labute approximate surface area is 135 Å². The van der Waals surface area contributed by atoms with Crippen molar-refractivity contribution in [3.8, 4) is 0 Å². The third-order valence-electron chi connectivity index (χ3n) is 4.22. The molecule has 0 saturated carbocycles. The SMILES string of the molecule is C/C=C(\C=C/CC)C1(CN)CCN(C(=O)OC(C)(C)C)CC1. The van der Waals surface area contributed by atoms with Crippen LogP contribution in [-0.4, -0.2) is 36.2 Å². The fourth-order valence-electron chi connectivity index (χ4n) is 2.88. The molecule has 0 aliphatic carbocycles. The van der Waals surface area contributed by atoms with Crippen molar-refractivity contribution in [2.75, 3.05) is 19.6 Å². The molecule has 1 saturated heterocycles. The van der Waals surface area contributed by atoms with Gasteiger partial charge in [0.25, 0.3) is 0 Å². The number of hydrogen-bond acceptors (Lipinski definition) is 3. The molecule has 1 aliphatic rings. The lowest BCUT2D eigenvalue weighted by Crippen LogP contribution is -2.48. The molecule has 1 rings (SSSR count). The van der Waals surface area contributed by atoms with Crippen molar-refractivity contribution in [3.05, 3.63) is 23.8 Å². The lowest BCUT2D eigenvalue weighted by molar-refractivity contribution is 0.0143. The first-order valence-electron chi connectivity index (χ1n) is 8.29. The van der Waals surface area contributed by atoms with Crippen LogP contribution in [0.3, 0.4) is 0 Å².